The molecule has 1 aliphatic heterocycles. The molecular weight excluding hydrogens is 312 g/mol. The first-order chi connectivity index (χ1) is 11.2. The largest absolute Gasteiger partial charge is 0.488 e. The molecule has 23 heavy (non-hydrogen) atoms. The highest BCUT2D eigenvalue weighted by molar-refractivity contribution is 7.99. The SMILES string of the molecule is CSCC(=O)N1CC[C@@H](Oc2ccc3ncccc3c2)[C@H](O)C1. The van der Waals surface area contributed by atoms with Crippen LogP contribution in [-0.2, 0) is 4.79 Å². The summed E-state index contributed by atoms with van der Waals surface area (Å²) in [5.74, 6) is 1.25. The molecule has 1 aliphatic rings. The number of likely N-dealkylation sites (tertiary alicyclic amines) is 1. The number of hydrogen-bond acceptors (Lipinski definition) is 5. The molecule has 3 rings (SSSR count). The molecule has 2 atom stereocenters. The van der Waals surface area contributed by atoms with E-state index in [0.717, 1.165) is 16.7 Å². The van der Waals surface area contributed by atoms with Crippen molar-refractivity contribution in [2.24, 2.45) is 0 Å². The summed E-state index contributed by atoms with van der Waals surface area (Å²) in [7, 11) is 0. The molecule has 0 saturated carbocycles. The van der Waals surface area contributed by atoms with Crippen LogP contribution < -0.4 is 4.74 Å². The van der Waals surface area contributed by atoms with Gasteiger partial charge >= 0.3 is 0 Å². The van der Waals surface area contributed by atoms with Crippen LogP contribution in [0.25, 0.3) is 10.9 Å². The molecule has 0 radical (unpaired) electrons. The number of carbonyl (C=O) groups excluding carboxylic acids is 1. The number of rotatable bonds is 4. The van der Waals surface area contributed by atoms with Gasteiger partial charge in [0, 0.05) is 24.5 Å². The first-order valence-electron chi connectivity index (χ1n) is 7.63. The molecule has 0 aliphatic carbocycles. The van der Waals surface area contributed by atoms with Crippen LogP contribution in [0.3, 0.4) is 0 Å². The molecule has 6 heteroatoms. The van der Waals surface area contributed by atoms with Gasteiger partial charge in [0.25, 0.3) is 0 Å². The highest BCUT2D eigenvalue weighted by Crippen LogP contribution is 2.23. The topological polar surface area (TPSA) is 62.7 Å². The van der Waals surface area contributed by atoms with Crippen molar-refractivity contribution >= 4 is 28.6 Å². The van der Waals surface area contributed by atoms with Gasteiger partial charge in [-0.05, 0) is 30.5 Å². The third-order valence-electron chi connectivity index (χ3n) is 4.00. The average molecular weight is 332 g/mol. The van der Waals surface area contributed by atoms with Crippen molar-refractivity contribution in [2.75, 3.05) is 25.1 Å². The van der Waals surface area contributed by atoms with Crippen LogP contribution in [0.4, 0.5) is 0 Å². The van der Waals surface area contributed by atoms with Gasteiger partial charge in [-0.2, -0.15) is 11.8 Å². The van der Waals surface area contributed by atoms with Gasteiger partial charge in [0.1, 0.15) is 18.0 Å². The maximum absolute atomic E-state index is 11.9. The Kier molecular flexibility index (Phi) is 5.03. The van der Waals surface area contributed by atoms with Gasteiger partial charge in [-0.1, -0.05) is 6.07 Å². The minimum Gasteiger partial charge on any atom is -0.488 e. The molecule has 1 aromatic heterocycles. The predicted molar refractivity (Wildman–Crippen MR) is 91.7 cm³/mol. The van der Waals surface area contributed by atoms with Crippen LogP contribution in [0.1, 0.15) is 6.42 Å². The molecule has 2 aromatic rings. The number of fused-ring (bicyclic) bond motifs is 1. The van der Waals surface area contributed by atoms with Gasteiger partial charge in [0.05, 0.1) is 17.8 Å². The molecule has 0 bridgehead atoms. The van der Waals surface area contributed by atoms with Crippen LogP contribution in [0.2, 0.25) is 0 Å². The maximum atomic E-state index is 11.9. The Labute approximate surface area is 139 Å². The van der Waals surface area contributed by atoms with E-state index in [4.69, 9.17) is 4.74 Å². The van der Waals surface area contributed by atoms with Crippen molar-refractivity contribution in [3.8, 4) is 5.75 Å². The summed E-state index contributed by atoms with van der Waals surface area (Å²) < 4.78 is 5.94. The lowest BCUT2D eigenvalue weighted by Crippen LogP contribution is -2.51. The van der Waals surface area contributed by atoms with E-state index < -0.39 is 6.10 Å². The molecule has 1 N–H and O–H groups in total. The van der Waals surface area contributed by atoms with Crippen LogP contribution in [-0.4, -0.2) is 58.2 Å². The number of aliphatic hydroxyl groups excluding tert-OH is 1. The van der Waals surface area contributed by atoms with E-state index in [0.29, 0.717) is 25.3 Å². The van der Waals surface area contributed by atoms with Crippen LogP contribution in [0, 0.1) is 0 Å². The average Bonchev–Trinajstić information content (AvgIpc) is 2.57. The second-order valence-corrected chi connectivity index (χ2v) is 6.51. The number of aliphatic hydroxyl groups is 1. The lowest BCUT2D eigenvalue weighted by molar-refractivity contribution is -0.134. The van der Waals surface area contributed by atoms with Crippen molar-refractivity contribution in [3.63, 3.8) is 0 Å². The molecule has 0 spiro atoms. The Bertz CT molecular complexity index is 694. The number of amides is 1. The zero-order valence-corrected chi connectivity index (χ0v) is 13.8. The zero-order valence-electron chi connectivity index (χ0n) is 13.0. The summed E-state index contributed by atoms with van der Waals surface area (Å²) in [6, 6.07) is 9.58. The third-order valence-corrected chi connectivity index (χ3v) is 4.54. The number of ether oxygens (including phenoxy) is 1. The number of β-amino-alcohol motifs (C(OH)–C–C–N with tert-alkyl or cyclic N) is 1. The van der Waals surface area contributed by atoms with E-state index in [9.17, 15) is 9.90 Å². The number of carbonyl (C=O) groups is 1. The molecule has 2 heterocycles. The lowest BCUT2D eigenvalue weighted by atomic mass is 10.0. The zero-order chi connectivity index (χ0) is 16.2. The number of nitrogens with zero attached hydrogens (tertiary/aromatic N) is 2. The highest BCUT2D eigenvalue weighted by atomic mass is 32.2. The standard InChI is InChI=1S/C17H20N2O3S/c1-23-11-17(21)19-8-6-16(15(20)10-19)22-13-4-5-14-12(9-13)3-2-7-18-14/h2-5,7,9,15-16,20H,6,8,10-11H2,1H3/t15-,16-/m1/s1. The summed E-state index contributed by atoms with van der Waals surface area (Å²) in [6.07, 6.45) is 3.33. The van der Waals surface area contributed by atoms with Gasteiger partial charge in [-0.3, -0.25) is 9.78 Å². The first kappa shape index (κ1) is 16.1. The summed E-state index contributed by atoms with van der Waals surface area (Å²) in [5.41, 5.74) is 0.915. The summed E-state index contributed by atoms with van der Waals surface area (Å²) >= 11 is 1.50. The Morgan fingerprint density at radius 3 is 3.13 bits per heavy atom. The Hall–Kier alpha value is -1.79. The number of hydrogen-bond donors (Lipinski definition) is 1. The Morgan fingerprint density at radius 1 is 1.48 bits per heavy atom. The predicted octanol–water partition coefficient (Wildman–Crippen LogP) is 1.94. The quantitative estimate of drug-likeness (QED) is 0.927. The minimum atomic E-state index is -0.667. The van der Waals surface area contributed by atoms with Crippen molar-refractivity contribution < 1.29 is 14.6 Å². The van der Waals surface area contributed by atoms with Gasteiger partial charge in [0.2, 0.25) is 5.91 Å². The van der Waals surface area contributed by atoms with E-state index >= 15 is 0 Å². The second-order valence-electron chi connectivity index (χ2n) is 5.64. The third kappa shape index (κ3) is 3.76. The molecule has 1 aromatic carbocycles. The monoisotopic (exact) mass is 332 g/mol. The molecule has 0 unspecified atom stereocenters. The number of pyridine rings is 1. The lowest BCUT2D eigenvalue weighted by Gasteiger charge is -2.35. The fraction of sp³-hybridized carbons (Fsp3) is 0.412. The highest BCUT2D eigenvalue weighted by Gasteiger charge is 2.31. The van der Waals surface area contributed by atoms with Crippen molar-refractivity contribution in [2.45, 2.75) is 18.6 Å². The van der Waals surface area contributed by atoms with Gasteiger partial charge in [-0.15, -0.1) is 0 Å². The molecular formula is C17H20N2O3S. The number of benzene rings is 1. The maximum Gasteiger partial charge on any atom is 0.232 e. The molecule has 1 saturated heterocycles. The van der Waals surface area contributed by atoms with Gasteiger partial charge in [0.15, 0.2) is 0 Å². The van der Waals surface area contributed by atoms with Crippen LogP contribution >= 0.6 is 11.8 Å². The molecule has 1 fully saturated rings. The van der Waals surface area contributed by atoms with E-state index in [1.807, 2.05) is 36.6 Å². The van der Waals surface area contributed by atoms with E-state index in [-0.39, 0.29) is 12.0 Å². The minimum absolute atomic E-state index is 0.0757. The van der Waals surface area contributed by atoms with E-state index in [1.165, 1.54) is 11.8 Å². The summed E-state index contributed by atoms with van der Waals surface area (Å²) in [4.78, 5) is 17.9. The number of piperidine rings is 1. The number of thioether (sulfide) groups is 1. The van der Waals surface area contributed by atoms with E-state index in [1.54, 1.807) is 11.1 Å². The van der Waals surface area contributed by atoms with Crippen molar-refractivity contribution in [3.05, 3.63) is 36.5 Å². The fourth-order valence-electron chi connectivity index (χ4n) is 2.79. The first-order valence-corrected chi connectivity index (χ1v) is 9.03. The fourth-order valence-corrected chi connectivity index (χ4v) is 3.22. The van der Waals surface area contributed by atoms with Crippen molar-refractivity contribution in [1.82, 2.24) is 9.88 Å². The van der Waals surface area contributed by atoms with Crippen molar-refractivity contribution in [1.29, 1.82) is 0 Å². The summed E-state index contributed by atoms with van der Waals surface area (Å²) in [6.45, 7) is 0.954. The smallest absolute Gasteiger partial charge is 0.232 e. The molecule has 5 nitrogen and oxygen atoms in total. The van der Waals surface area contributed by atoms with Crippen LogP contribution in [0.15, 0.2) is 36.5 Å². The Morgan fingerprint density at radius 2 is 2.35 bits per heavy atom. The number of aromatic nitrogens is 1. The van der Waals surface area contributed by atoms with Gasteiger partial charge in [-0.25, -0.2) is 0 Å². The normalized spacial score (nSPS) is 21.4. The second kappa shape index (κ2) is 7.19. The summed E-state index contributed by atoms with van der Waals surface area (Å²) in [5, 5.41) is 11.3. The van der Waals surface area contributed by atoms with Crippen LogP contribution in [0.5, 0.6) is 5.75 Å². The molecule has 122 valence electrons. The van der Waals surface area contributed by atoms with E-state index in [2.05, 4.69) is 4.98 Å². The van der Waals surface area contributed by atoms with Gasteiger partial charge < -0.3 is 14.7 Å². The Balaban J connectivity index is 1.65. The molecule has 1 amide bonds.